The van der Waals surface area contributed by atoms with E-state index in [0.717, 1.165) is 28.4 Å². The third-order valence-corrected chi connectivity index (χ3v) is 2.78. The molecule has 0 radical (unpaired) electrons. The lowest BCUT2D eigenvalue weighted by Gasteiger charge is -1.98. The van der Waals surface area contributed by atoms with Crippen molar-refractivity contribution in [2.24, 2.45) is 0 Å². The van der Waals surface area contributed by atoms with Gasteiger partial charge in [0.15, 0.2) is 11.4 Å². The van der Waals surface area contributed by atoms with Crippen molar-refractivity contribution in [1.82, 2.24) is 5.32 Å². The van der Waals surface area contributed by atoms with Crippen LogP contribution in [0.4, 0.5) is 4.39 Å². The Morgan fingerprint density at radius 3 is 3.00 bits per heavy atom. The second kappa shape index (κ2) is 4.33. The Hall–Kier alpha value is -0.870. The van der Waals surface area contributed by atoms with Crippen LogP contribution >= 0.6 is 15.9 Å². The molecular formula is C11H11BrFNO. The van der Waals surface area contributed by atoms with Gasteiger partial charge in [-0.2, -0.15) is 0 Å². The molecule has 0 aliphatic carbocycles. The van der Waals surface area contributed by atoms with Crippen LogP contribution in [0, 0.1) is 5.82 Å². The molecule has 0 saturated heterocycles. The number of fused-ring (bicyclic) bond motifs is 1. The normalized spacial score (nSPS) is 11.1. The fourth-order valence-corrected chi connectivity index (χ4v) is 2.00. The minimum atomic E-state index is -0.324. The van der Waals surface area contributed by atoms with Gasteiger partial charge in [0.05, 0.1) is 6.26 Å². The molecule has 4 heteroatoms. The average molecular weight is 272 g/mol. The van der Waals surface area contributed by atoms with Gasteiger partial charge < -0.3 is 9.73 Å². The highest BCUT2D eigenvalue weighted by molar-refractivity contribution is 9.10. The molecule has 0 saturated carbocycles. The highest BCUT2D eigenvalue weighted by atomic mass is 79.9. The van der Waals surface area contributed by atoms with E-state index < -0.39 is 0 Å². The fourth-order valence-electron chi connectivity index (χ4n) is 1.57. The van der Waals surface area contributed by atoms with Crippen molar-refractivity contribution in [2.75, 3.05) is 13.6 Å². The summed E-state index contributed by atoms with van der Waals surface area (Å²) >= 11 is 3.27. The van der Waals surface area contributed by atoms with E-state index in [4.69, 9.17) is 4.42 Å². The zero-order valence-electron chi connectivity index (χ0n) is 8.31. The van der Waals surface area contributed by atoms with Gasteiger partial charge in [0.25, 0.3) is 0 Å². The third-order valence-electron chi connectivity index (χ3n) is 2.32. The van der Waals surface area contributed by atoms with Crippen molar-refractivity contribution in [3.05, 3.63) is 34.2 Å². The average Bonchev–Trinajstić information content (AvgIpc) is 2.58. The van der Waals surface area contributed by atoms with Crippen molar-refractivity contribution in [3.8, 4) is 0 Å². The molecular weight excluding hydrogens is 261 g/mol. The first-order chi connectivity index (χ1) is 7.22. The molecule has 0 unspecified atom stereocenters. The summed E-state index contributed by atoms with van der Waals surface area (Å²) in [6.07, 6.45) is 2.46. The van der Waals surface area contributed by atoms with Crippen molar-refractivity contribution in [3.63, 3.8) is 0 Å². The lowest BCUT2D eigenvalue weighted by atomic mass is 10.1. The van der Waals surface area contributed by atoms with Crippen LogP contribution in [0.1, 0.15) is 5.56 Å². The first-order valence-corrected chi connectivity index (χ1v) is 5.51. The van der Waals surface area contributed by atoms with E-state index in [0.29, 0.717) is 5.58 Å². The summed E-state index contributed by atoms with van der Waals surface area (Å²) in [5.41, 5.74) is 1.36. The SMILES string of the molecule is CNCCc1coc2c(F)cc(Br)cc12. The summed E-state index contributed by atoms with van der Waals surface area (Å²) in [4.78, 5) is 0. The van der Waals surface area contributed by atoms with E-state index in [1.165, 1.54) is 6.07 Å². The van der Waals surface area contributed by atoms with Gasteiger partial charge in [-0.1, -0.05) is 15.9 Å². The number of nitrogens with one attached hydrogen (secondary N) is 1. The zero-order chi connectivity index (χ0) is 10.8. The van der Waals surface area contributed by atoms with E-state index in [2.05, 4.69) is 21.2 Å². The van der Waals surface area contributed by atoms with Crippen LogP contribution in [0.3, 0.4) is 0 Å². The predicted octanol–water partition coefficient (Wildman–Crippen LogP) is 3.10. The Morgan fingerprint density at radius 2 is 2.27 bits per heavy atom. The second-order valence-corrected chi connectivity index (χ2v) is 4.29. The first kappa shape index (κ1) is 10.6. The fraction of sp³-hybridized carbons (Fsp3) is 0.273. The maximum Gasteiger partial charge on any atom is 0.169 e. The summed E-state index contributed by atoms with van der Waals surface area (Å²) in [5, 5.41) is 3.90. The highest BCUT2D eigenvalue weighted by Gasteiger charge is 2.10. The minimum absolute atomic E-state index is 0.324. The van der Waals surface area contributed by atoms with Gasteiger partial charge in [-0.25, -0.2) is 4.39 Å². The van der Waals surface area contributed by atoms with Crippen LogP contribution < -0.4 is 5.32 Å². The summed E-state index contributed by atoms with van der Waals surface area (Å²) < 4.78 is 19.4. The number of rotatable bonds is 3. The molecule has 0 aliphatic rings. The molecule has 1 aromatic carbocycles. The molecule has 2 nitrogen and oxygen atoms in total. The maximum atomic E-state index is 13.4. The van der Waals surface area contributed by atoms with Gasteiger partial charge in [0, 0.05) is 9.86 Å². The first-order valence-electron chi connectivity index (χ1n) is 4.72. The predicted molar refractivity (Wildman–Crippen MR) is 61.5 cm³/mol. The number of hydrogen-bond donors (Lipinski definition) is 1. The molecule has 0 spiro atoms. The van der Waals surface area contributed by atoms with Crippen molar-refractivity contribution < 1.29 is 8.81 Å². The molecule has 0 atom stereocenters. The molecule has 0 fully saturated rings. The monoisotopic (exact) mass is 271 g/mol. The number of furan rings is 1. The summed E-state index contributed by atoms with van der Waals surface area (Å²) in [5.74, 6) is -0.324. The molecule has 0 amide bonds. The van der Waals surface area contributed by atoms with Crippen LogP contribution in [0.5, 0.6) is 0 Å². The molecule has 2 rings (SSSR count). The number of hydrogen-bond acceptors (Lipinski definition) is 2. The smallest absolute Gasteiger partial charge is 0.169 e. The molecule has 0 aliphatic heterocycles. The third kappa shape index (κ3) is 2.06. The van der Waals surface area contributed by atoms with Crippen LogP contribution in [-0.4, -0.2) is 13.6 Å². The van der Waals surface area contributed by atoms with Crippen molar-refractivity contribution in [1.29, 1.82) is 0 Å². The Bertz CT molecular complexity index is 481. The quantitative estimate of drug-likeness (QED) is 0.928. The van der Waals surface area contributed by atoms with Crippen LogP contribution in [0.15, 0.2) is 27.3 Å². The lowest BCUT2D eigenvalue weighted by molar-refractivity contribution is 0.557. The molecule has 0 bridgehead atoms. The van der Waals surface area contributed by atoms with Crippen LogP contribution in [-0.2, 0) is 6.42 Å². The Balaban J connectivity index is 2.49. The van der Waals surface area contributed by atoms with E-state index in [1.54, 1.807) is 6.26 Å². The van der Waals surface area contributed by atoms with Gasteiger partial charge >= 0.3 is 0 Å². The van der Waals surface area contributed by atoms with E-state index in [-0.39, 0.29) is 5.82 Å². The standard InChI is InChI=1S/C11H11BrFNO/c1-14-3-2-7-6-15-11-9(7)4-8(12)5-10(11)13/h4-6,14H,2-3H2,1H3. The van der Waals surface area contributed by atoms with Gasteiger partial charge in [0.1, 0.15) is 0 Å². The molecule has 80 valence electrons. The second-order valence-electron chi connectivity index (χ2n) is 3.38. The summed E-state index contributed by atoms with van der Waals surface area (Å²) in [6, 6.07) is 3.29. The van der Waals surface area contributed by atoms with Crippen molar-refractivity contribution in [2.45, 2.75) is 6.42 Å². The Morgan fingerprint density at radius 1 is 1.47 bits per heavy atom. The van der Waals surface area contributed by atoms with E-state index in [1.807, 2.05) is 13.1 Å². The number of benzene rings is 1. The minimum Gasteiger partial charge on any atom is -0.461 e. The number of halogens is 2. The van der Waals surface area contributed by atoms with Gasteiger partial charge in [-0.3, -0.25) is 0 Å². The Kier molecular flexibility index (Phi) is 3.07. The molecule has 1 aromatic heterocycles. The zero-order valence-corrected chi connectivity index (χ0v) is 9.90. The molecule has 15 heavy (non-hydrogen) atoms. The molecule has 2 aromatic rings. The van der Waals surface area contributed by atoms with Crippen LogP contribution in [0.25, 0.3) is 11.0 Å². The molecule has 1 heterocycles. The van der Waals surface area contributed by atoms with Crippen molar-refractivity contribution >= 4 is 26.9 Å². The Labute approximate surface area is 95.6 Å². The molecule has 1 N–H and O–H groups in total. The van der Waals surface area contributed by atoms with Crippen LogP contribution in [0.2, 0.25) is 0 Å². The van der Waals surface area contributed by atoms with Gasteiger partial charge in [-0.15, -0.1) is 0 Å². The van der Waals surface area contributed by atoms with E-state index >= 15 is 0 Å². The summed E-state index contributed by atoms with van der Waals surface area (Å²) in [6.45, 7) is 0.850. The largest absolute Gasteiger partial charge is 0.461 e. The summed E-state index contributed by atoms with van der Waals surface area (Å²) in [7, 11) is 1.89. The topological polar surface area (TPSA) is 25.2 Å². The van der Waals surface area contributed by atoms with Gasteiger partial charge in [0.2, 0.25) is 0 Å². The number of likely N-dealkylation sites (N-methyl/N-ethyl adjacent to an activating group) is 1. The van der Waals surface area contributed by atoms with E-state index in [9.17, 15) is 4.39 Å². The highest BCUT2D eigenvalue weighted by Crippen LogP contribution is 2.27. The lowest BCUT2D eigenvalue weighted by Crippen LogP contribution is -2.09. The van der Waals surface area contributed by atoms with Gasteiger partial charge in [-0.05, 0) is 37.7 Å². The maximum absolute atomic E-state index is 13.4.